The van der Waals surface area contributed by atoms with Crippen LogP contribution in [-0.4, -0.2) is 22.6 Å². The van der Waals surface area contributed by atoms with Gasteiger partial charge in [0.25, 0.3) is 5.89 Å². The number of nitrogens with zero attached hydrogens (tertiary/aromatic N) is 3. The third-order valence-corrected chi connectivity index (χ3v) is 5.53. The molecule has 0 aliphatic carbocycles. The molecular formula is C19H19N3O2S. The van der Waals surface area contributed by atoms with Gasteiger partial charge in [-0.2, -0.15) is 4.98 Å². The molecule has 5 nitrogen and oxygen atoms in total. The van der Waals surface area contributed by atoms with Crippen molar-refractivity contribution >= 4 is 22.9 Å². The van der Waals surface area contributed by atoms with E-state index in [1.165, 1.54) is 10.4 Å². The van der Waals surface area contributed by atoms with Crippen molar-refractivity contribution in [3.05, 3.63) is 52.7 Å². The highest BCUT2D eigenvalue weighted by Gasteiger charge is 2.34. The minimum atomic E-state index is -0.0306. The van der Waals surface area contributed by atoms with Crippen LogP contribution in [0.3, 0.4) is 0 Å². The van der Waals surface area contributed by atoms with Crippen molar-refractivity contribution in [3.8, 4) is 10.8 Å². The Balaban J connectivity index is 1.53. The third-order valence-electron chi connectivity index (χ3n) is 4.54. The molecule has 0 unspecified atom stereocenters. The molecule has 1 atom stereocenters. The Hall–Kier alpha value is -2.47. The zero-order valence-corrected chi connectivity index (χ0v) is 15.0. The predicted molar refractivity (Wildman–Crippen MR) is 97.9 cm³/mol. The van der Waals surface area contributed by atoms with Crippen LogP contribution < -0.4 is 4.90 Å². The van der Waals surface area contributed by atoms with Crippen LogP contribution in [0, 0.1) is 6.92 Å². The summed E-state index contributed by atoms with van der Waals surface area (Å²) >= 11 is 1.62. The summed E-state index contributed by atoms with van der Waals surface area (Å²) in [6.45, 7) is 4.75. The van der Waals surface area contributed by atoms with E-state index in [1.54, 1.807) is 11.3 Å². The molecule has 1 saturated heterocycles. The number of aryl methyl sites for hydroxylation is 2. The van der Waals surface area contributed by atoms with E-state index in [4.69, 9.17) is 4.52 Å². The molecule has 6 heteroatoms. The van der Waals surface area contributed by atoms with E-state index in [9.17, 15) is 4.79 Å². The molecule has 0 spiro atoms. The van der Waals surface area contributed by atoms with E-state index in [0.717, 1.165) is 17.0 Å². The van der Waals surface area contributed by atoms with Crippen LogP contribution in [0.1, 0.15) is 35.5 Å². The Bertz CT molecular complexity index is 898. The maximum atomic E-state index is 12.4. The van der Waals surface area contributed by atoms with Gasteiger partial charge in [0.1, 0.15) is 0 Å². The summed E-state index contributed by atoms with van der Waals surface area (Å²) in [6, 6.07) is 12.2. The van der Waals surface area contributed by atoms with E-state index in [1.807, 2.05) is 36.1 Å². The van der Waals surface area contributed by atoms with E-state index >= 15 is 0 Å². The van der Waals surface area contributed by atoms with Crippen LogP contribution in [0.2, 0.25) is 0 Å². The van der Waals surface area contributed by atoms with Crippen molar-refractivity contribution in [2.75, 3.05) is 11.4 Å². The van der Waals surface area contributed by atoms with Crippen molar-refractivity contribution in [2.45, 2.75) is 32.6 Å². The Morgan fingerprint density at radius 2 is 2.04 bits per heavy atom. The van der Waals surface area contributed by atoms with Gasteiger partial charge in [0, 0.05) is 29.4 Å². The van der Waals surface area contributed by atoms with Gasteiger partial charge in [0.2, 0.25) is 5.91 Å². The fourth-order valence-corrected chi connectivity index (χ4v) is 3.88. The van der Waals surface area contributed by atoms with Gasteiger partial charge in [-0.1, -0.05) is 24.2 Å². The number of carbonyl (C=O) groups excluding carboxylic acids is 1. The summed E-state index contributed by atoms with van der Waals surface area (Å²) in [7, 11) is 0. The lowest BCUT2D eigenvalue weighted by Crippen LogP contribution is -2.24. The first-order valence-electron chi connectivity index (χ1n) is 8.43. The first-order valence-corrected chi connectivity index (χ1v) is 9.25. The van der Waals surface area contributed by atoms with Crippen molar-refractivity contribution in [2.24, 2.45) is 0 Å². The summed E-state index contributed by atoms with van der Waals surface area (Å²) in [5.74, 6) is 1.22. The topological polar surface area (TPSA) is 59.2 Å². The summed E-state index contributed by atoms with van der Waals surface area (Å²) in [5.41, 5.74) is 2.20. The molecule has 1 fully saturated rings. The second-order valence-electron chi connectivity index (χ2n) is 6.29. The first-order chi connectivity index (χ1) is 12.1. The second-order valence-corrected chi connectivity index (χ2v) is 7.58. The van der Waals surface area contributed by atoms with Gasteiger partial charge in [-0.25, -0.2) is 0 Å². The molecule has 1 amide bonds. The Morgan fingerprint density at radius 3 is 2.72 bits per heavy atom. The summed E-state index contributed by atoms with van der Waals surface area (Å²) in [5, 5.41) is 4.12. The molecule has 4 rings (SSSR count). The summed E-state index contributed by atoms with van der Waals surface area (Å²) in [4.78, 5) is 20.9. The maximum absolute atomic E-state index is 12.4. The smallest absolute Gasteiger partial charge is 0.268 e. The SMILES string of the molecule is CCc1ccc(N2C[C@H](c3noc(-c4ccc(C)s4)n3)CC2=O)cc1. The quantitative estimate of drug-likeness (QED) is 0.706. The standard InChI is InChI=1S/C19H19N3O2S/c1-3-13-5-7-15(8-6-13)22-11-14(10-17(22)23)18-20-19(24-21-18)16-9-4-12(2)25-16/h4-9,14H,3,10-11H2,1-2H3/t14-/m1/s1. The van der Waals surface area contributed by atoms with Gasteiger partial charge >= 0.3 is 0 Å². The van der Waals surface area contributed by atoms with Crippen LogP contribution >= 0.6 is 11.3 Å². The van der Waals surface area contributed by atoms with Crippen LogP contribution in [0.4, 0.5) is 5.69 Å². The van der Waals surface area contributed by atoms with Gasteiger partial charge in [-0.3, -0.25) is 4.79 Å². The number of aromatic nitrogens is 2. The molecular weight excluding hydrogens is 334 g/mol. The molecule has 128 valence electrons. The van der Waals surface area contributed by atoms with Crippen LogP contribution in [0.5, 0.6) is 0 Å². The number of benzene rings is 1. The molecule has 3 aromatic rings. The second kappa shape index (κ2) is 6.44. The molecule has 0 saturated carbocycles. The highest BCUT2D eigenvalue weighted by atomic mass is 32.1. The van der Waals surface area contributed by atoms with Gasteiger partial charge < -0.3 is 9.42 Å². The van der Waals surface area contributed by atoms with E-state index in [-0.39, 0.29) is 11.8 Å². The maximum Gasteiger partial charge on any atom is 0.268 e. The van der Waals surface area contributed by atoms with Crippen LogP contribution in [0.25, 0.3) is 10.8 Å². The Morgan fingerprint density at radius 1 is 1.24 bits per heavy atom. The average Bonchev–Trinajstić information content (AvgIpc) is 3.34. The van der Waals surface area contributed by atoms with Crippen LogP contribution in [-0.2, 0) is 11.2 Å². The number of hydrogen-bond donors (Lipinski definition) is 0. The van der Waals surface area contributed by atoms with Gasteiger partial charge in [-0.15, -0.1) is 11.3 Å². The summed E-state index contributed by atoms with van der Waals surface area (Å²) in [6.07, 6.45) is 1.41. The first kappa shape index (κ1) is 16.0. The minimum absolute atomic E-state index is 0.0306. The van der Waals surface area contributed by atoms with E-state index in [0.29, 0.717) is 24.7 Å². The van der Waals surface area contributed by atoms with Crippen LogP contribution in [0.15, 0.2) is 40.9 Å². The van der Waals surface area contributed by atoms with Crippen molar-refractivity contribution in [1.29, 1.82) is 0 Å². The predicted octanol–water partition coefficient (Wildman–Crippen LogP) is 4.19. The zero-order valence-electron chi connectivity index (χ0n) is 14.2. The molecule has 0 bridgehead atoms. The molecule has 3 heterocycles. The molecule has 25 heavy (non-hydrogen) atoms. The molecule has 0 radical (unpaired) electrons. The lowest BCUT2D eigenvalue weighted by Gasteiger charge is -2.16. The minimum Gasteiger partial charge on any atom is -0.333 e. The monoisotopic (exact) mass is 353 g/mol. The summed E-state index contributed by atoms with van der Waals surface area (Å²) < 4.78 is 5.40. The van der Waals surface area contributed by atoms with E-state index in [2.05, 4.69) is 29.2 Å². The fraction of sp³-hybridized carbons (Fsp3) is 0.316. The zero-order chi connectivity index (χ0) is 17.4. The van der Waals surface area contributed by atoms with Crippen molar-refractivity contribution in [1.82, 2.24) is 10.1 Å². The number of rotatable bonds is 4. The molecule has 0 N–H and O–H groups in total. The molecule has 2 aromatic heterocycles. The molecule has 1 aromatic carbocycles. The average molecular weight is 353 g/mol. The molecule has 1 aliphatic heterocycles. The number of hydrogen-bond acceptors (Lipinski definition) is 5. The Labute approximate surface area is 150 Å². The number of amides is 1. The largest absolute Gasteiger partial charge is 0.333 e. The highest BCUT2D eigenvalue weighted by Crippen LogP contribution is 2.33. The Kier molecular flexibility index (Phi) is 4.13. The van der Waals surface area contributed by atoms with Gasteiger partial charge in [0.05, 0.1) is 4.88 Å². The normalized spacial score (nSPS) is 17.4. The number of carbonyl (C=O) groups is 1. The number of anilines is 1. The van der Waals surface area contributed by atoms with Gasteiger partial charge in [-0.05, 0) is 43.2 Å². The van der Waals surface area contributed by atoms with Crippen molar-refractivity contribution < 1.29 is 9.32 Å². The fourth-order valence-electron chi connectivity index (χ4n) is 3.09. The van der Waals surface area contributed by atoms with Crippen molar-refractivity contribution in [3.63, 3.8) is 0 Å². The third kappa shape index (κ3) is 3.09. The lowest BCUT2D eigenvalue weighted by atomic mass is 10.1. The van der Waals surface area contributed by atoms with E-state index < -0.39 is 0 Å². The highest BCUT2D eigenvalue weighted by molar-refractivity contribution is 7.15. The lowest BCUT2D eigenvalue weighted by molar-refractivity contribution is -0.117. The molecule has 1 aliphatic rings. The number of thiophene rings is 1. The van der Waals surface area contributed by atoms with Gasteiger partial charge in [0.15, 0.2) is 5.82 Å².